The number of rotatable bonds is 8. The summed E-state index contributed by atoms with van der Waals surface area (Å²) in [5.74, 6) is 0.0780. The zero-order valence-corrected chi connectivity index (χ0v) is 13.7. The Bertz CT molecular complexity index is 614. The first-order valence-corrected chi connectivity index (χ1v) is 8.38. The molecule has 0 heterocycles. The molecular formula is C14H22N2O5S. The summed E-state index contributed by atoms with van der Waals surface area (Å²) in [6.45, 7) is 5.02. The maximum Gasteiger partial charge on any atom is 0.258 e. The van der Waals surface area contributed by atoms with Crippen molar-refractivity contribution in [3.63, 3.8) is 0 Å². The first kappa shape index (κ1) is 18.4. The molecule has 22 heavy (non-hydrogen) atoms. The SMILES string of the molecule is Cc1cc(S(=O)(=O)NC(C)C)ccc1OCC(=O)NCCO. The van der Waals surface area contributed by atoms with Gasteiger partial charge in [0.15, 0.2) is 6.61 Å². The predicted octanol–water partition coefficient (Wildman–Crippen LogP) is 0.169. The fourth-order valence-corrected chi connectivity index (χ4v) is 3.05. The molecule has 1 aromatic carbocycles. The fraction of sp³-hybridized carbons (Fsp3) is 0.500. The molecule has 0 unspecified atom stereocenters. The number of sulfonamides is 1. The van der Waals surface area contributed by atoms with Gasteiger partial charge in [0, 0.05) is 12.6 Å². The van der Waals surface area contributed by atoms with E-state index in [-0.39, 0.29) is 36.6 Å². The topological polar surface area (TPSA) is 105 Å². The molecule has 0 saturated carbocycles. The molecule has 0 aliphatic carbocycles. The lowest BCUT2D eigenvalue weighted by atomic mass is 10.2. The monoisotopic (exact) mass is 330 g/mol. The van der Waals surface area contributed by atoms with Gasteiger partial charge in [0.05, 0.1) is 11.5 Å². The van der Waals surface area contributed by atoms with Crippen LogP contribution in [0.1, 0.15) is 19.4 Å². The summed E-state index contributed by atoms with van der Waals surface area (Å²) in [5.41, 5.74) is 0.613. The summed E-state index contributed by atoms with van der Waals surface area (Å²) >= 11 is 0. The second-order valence-corrected chi connectivity index (χ2v) is 6.78. The number of amides is 1. The van der Waals surface area contributed by atoms with Crippen LogP contribution >= 0.6 is 0 Å². The van der Waals surface area contributed by atoms with E-state index in [1.807, 2.05) is 0 Å². The summed E-state index contributed by atoms with van der Waals surface area (Å²) in [6.07, 6.45) is 0. The minimum absolute atomic E-state index is 0.139. The van der Waals surface area contributed by atoms with Crippen molar-refractivity contribution in [3.8, 4) is 5.75 Å². The number of aliphatic hydroxyl groups excluding tert-OH is 1. The number of carbonyl (C=O) groups is 1. The van der Waals surface area contributed by atoms with Crippen LogP contribution in [-0.2, 0) is 14.8 Å². The highest BCUT2D eigenvalue weighted by molar-refractivity contribution is 7.89. The Hall–Kier alpha value is -1.64. The van der Waals surface area contributed by atoms with E-state index in [1.165, 1.54) is 18.2 Å². The Balaban J connectivity index is 2.76. The fourth-order valence-electron chi connectivity index (χ4n) is 1.72. The van der Waals surface area contributed by atoms with E-state index in [0.717, 1.165) is 0 Å². The molecule has 1 rings (SSSR count). The number of aryl methyl sites for hydroxylation is 1. The zero-order chi connectivity index (χ0) is 16.8. The van der Waals surface area contributed by atoms with Crippen LogP contribution in [0, 0.1) is 6.92 Å². The van der Waals surface area contributed by atoms with E-state index < -0.39 is 10.0 Å². The molecule has 0 radical (unpaired) electrons. The molecule has 1 aromatic rings. The van der Waals surface area contributed by atoms with Gasteiger partial charge in [-0.3, -0.25) is 4.79 Å². The van der Waals surface area contributed by atoms with Crippen LogP contribution in [0.5, 0.6) is 5.75 Å². The molecule has 0 fully saturated rings. The van der Waals surface area contributed by atoms with Crippen LogP contribution in [0.4, 0.5) is 0 Å². The Morgan fingerprint density at radius 3 is 2.59 bits per heavy atom. The highest BCUT2D eigenvalue weighted by Gasteiger charge is 2.16. The Morgan fingerprint density at radius 1 is 1.36 bits per heavy atom. The highest BCUT2D eigenvalue weighted by atomic mass is 32.2. The lowest BCUT2D eigenvalue weighted by molar-refractivity contribution is -0.123. The third-order valence-electron chi connectivity index (χ3n) is 2.64. The summed E-state index contributed by atoms with van der Waals surface area (Å²) in [4.78, 5) is 11.5. The van der Waals surface area contributed by atoms with Gasteiger partial charge in [0.2, 0.25) is 10.0 Å². The molecule has 0 bridgehead atoms. The van der Waals surface area contributed by atoms with Crippen LogP contribution in [0.15, 0.2) is 23.1 Å². The number of benzene rings is 1. The summed E-state index contributed by atoms with van der Waals surface area (Å²) in [6, 6.07) is 4.24. The minimum atomic E-state index is -3.55. The van der Waals surface area contributed by atoms with Crippen LogP contribution in [0.3, 0.4) is 0 Å². The van der Waals surface area contributed by atoms with Crippen molar-refractivity contribution >= 4 is 15.9 Å². The second kappa shape index (κ2) is 8.11. The summed E-state index contributed by atoms with van der Waals surface area (Å²) in [7, 11) is -3.55. The lowest BCUT2D eigenvalue weighted by Crippen LogP contribution is -2.31. The minimum Gasteiger partial charge on any atom is -0.484 e. The molecule has 124 valence electrons. The maximum atomic E-state index is 12.1. The molecule has 8 heteroatoms. The van der Waals surface area contributed by atoms with E-state index in [9.17, 15) is 13.2 Å². The number of aliphatic hydroxyl groups is 1. The van der Waals surface area contributed by atoms with Crippen LogP contribution in [0.25, 0.3) is 0 Å². The molecule has 0 aromatic heterocycles. The van der Waals surface area contributed by atoms with Gasteiger partial charge in [-0.15, -0.1) is 0 Å². The van der Waals surface area contributed by atoms with Crippen LogP contribution in [-0.4, -0.2) is 45.2 Å². The van der Waals surface area contributed by atoms with Crippen molar-refractivity contribution in [2.24, 2.45) is 0 Å². The number of hydrogen-bond acceptors (Lipinski definition) is 5. The zero-order valence-electron chi connectivity index (χ0n) is 12.9. The Labute approximate surface area is 130 Å². The van der Waals surface area contributed by atoms with Crippen molar-refractivity contribution in [1.29, 1.82) is 0 Å². The Morgan fingerprint density at radius 2 is 2.05 bits per heavy atom. The predicted molar refractivity (Wildman–Crippen MR) is 82.2 cm³/mol. The molecule has 0 aliphatic rings. The van der Waals surface area contributed by atoms with Gasteiger partial charge in [-0.05, 0) is 44.5 Å². The molecule has 7 nitrogen and oxygen atoms in total. The number of ether oxygens (including phenoxy) is 1. The van der Waals surface area contributed by atoms with Gasteiger partial charge in [-0.1, -0.05) is 0 Å². The molecule has 1 amide bonds. The average molecular weight is 330 g/mol. The van der Waals surface area contributed by atoms with Gasteiger partial charge < -0.3 is 15.2 Å². The van der Waals surface area contributed by atoms with Crippen molar-refractivity contribution < 1.29 is 23.1 Å². The summed E-state index contributed by atoms with van der Waals surface area (Å²) < 4.78 is 31.9. The first-order valence-electron chi connectivity index (χ1n) is 6.89. The molecule has 0 aliphatic heterocycles. The quantitative estimate of drug-likeness (QED) is 0.630. The third kappa shape index (κ3) is 5.63. The van der Waals surface area contributed by atoms with Crippen LogP contribution < -0.4 is 14.8 Å². The smallest absolute Gasteiger partial charge is 0.258 e. The highest BCUT2D eigenvalue weighted by Crippen LogP contribution is 2.21. The van der Waals surface area contributed by atoms with E-state index in [4.69, 9.17) is 9.84 Å². The molecule has 0 spiro atoms. The number of carbonyl (C=O) groups excluding carboxylic acids is 1. The lowest BCUT2D eigenvalue weighted by Gasteiger charge is -2.13. The van der Waals surface area contributed by atoms with Gasteiger partial charge in [0.25, 0.3) is 5.91 Å². The first-order chi connectivity index (χ1) is 10.3. The van der Waals surface area contributed by atoms with E-state index in [1.54, 1.807) is 20.8 Å². The van der Waals surface area contributed by atoms with Crippen molar-refractivity contribution in [2.45, 2.75) is 31.7 Å². The van der Waals surface area contributed by atoms with Crippen molar-refractivity contribution in [2.75, 3.05) is 19.8 Å². The Kier molecular flexibility index (Phi) is 6.79. The standard InChI is InChI=1S/C14H22N2O5S/c1-10(2)16-22(19,20)12-4-5-13(11(3)8-12)21-9-14(18)15-6-7-17/h4-5,8,10,16-17H,6-7,9H2,1-3H3,(H,15,18). The largest absolute Gasteiger partial charge is 0.484 e. The van der Waals surface area contributed by atoms with E-state index in [2.05, 4.69) is 10.0 Å². The van der Waals surface area contributed by atoms with E-state index in [0.29, 0.717) is 11.3 Å². The van der Waals surface area contributed by atoms with Gasteiger partial charge in [-0.2, -0.15) is 0 Å². The van der Waals surface area contributed by atoms with Crippen molar-refractivity contribution in [1.82, 2.24) is 10.0 Å². The molecule has 0 saturated heterocycles. The molecule has 3 N–H and O–H groups in total. The third-order valence-corrected chi connectivity index (χ3v) is 4.30. The summed E-state index contributed by atoms with van der Waals surface area (Å²) in [5, 5.41) is 11.1. The maximum absolute atomic E-state index is 12.1. The normalized spacial score (nSPS) is 11.5. The molecule has 0 atom stereocenters. The molecular weight excluding hydrogens is 308 g/mol. The average Bonchev–Trinajstić information content (AvgIpc) is 2.42. The van der Waals surface area contributed by atoms with E-state index >= 15 is 0 Å². The number of nitrogens with one attached hydrogen (secondary N) is 2. The van der Waals surface area contributed by atoms with Gasteiger partial charge in [-0.25, -0.2) is 13.1 Å². The van der Waals surface area contributed by atoms with Gasteiger partial charge in [0.1, 0.15) is 5.75 Å². The number of hydrogen-bond donors (Lipinski definition) is 3. The van der Waals surface area contributed by atoms with Gasteiger partial charge >= 0.3 is 0 Å². The second-order valence-electron chi connectivity index (χ2n) is 5.07. The van der Waals surface area contributed by atoms with Crippen LogP contribution in [0.2, 0.25) is 0 Å². The van der Waals surface area contributed by atoms with Crippen molar-refractivity contribution in [3.05, 3.63) is 23.8 Å².